The molecule has 0 fully saturated rings. The molecule has 1 heterocycles. The topological polar surface area (TPSA) is 70.4 Å². The molecule has 0 amide bonds. The Morgan fingerprint density at radius 3 is 2.11 bits per heavy atom. The lowest BCUT2D eigenvalue weighted by atomic mass is 9.94. The molecule has 1 aromatic heterocycles. The third kappa shape index (κ3) is 8.25. The summed E-state index contributed by atoms with van der Waals surface area (Å²) in [5.41, 5.74) is 6.92. The number of ether oxygens (including phenoxy) is 2. The third-order valence-corrected chi connectivity index (χ3v) is 7.96. The number of hydrogen-bond donors (Lipinski definition) is 0. The number of para-hydroxylation sites is 1. The molecule has 0 spiro atoms. The fourth-order valence-corrected chi connectivity index (χ4v) is 5.70. The minimum absolute atomic E-state index is 0.0404. The van der Waals surface area contributed by atoms with E-state index < -0.39 is 0 Å². The molecule has 0 radical (unpaired) electrons. The Labute approximate surface area is 262 Å². The van der Waals surface area contributed by atoms with Gasteiger partial charge >= 0.3 is 5.97 Å². The average molecular weight is 595 g/mol. The molecule has 3 aromatic carbocycles. The van der Waals surface area contributed by atoms with Gasteiger partial charge in [0, 0.05) is 17.5 Å². The first-order valence-corrected chi connectivity index (χ1v) is 16.0. The number of methoxy groups -OCH3 is 1. The molecule has 44 heavy (non-hydrogen) atoms. The highest BCUT2D eigenvalue weighted by molar-refractivity contribution is 5.73. The lowest BCUT2D eigenvalue weighted by Gasteiger charge is -2.20. The van der Waals surface area contributed by atoms with E-state index in [1.807, 2.05) is 66.1 Å². The molecule has 0 atom stereocenters. The summed E-state index contributed by atoms with van der Waals surface area (Å²) in [6, 6.07) is 22.1. The van der Waals surface area contributed by atoms with Gasteiger partial charge in [-0.25, -0.2) is 4.98 Å². The minimum Gasteiger partial charge on any atom is -0.469 e. The highest BCUT2D eigenvalue weighted by Crippen LogP contribution is 2.35. The molecule has 4 aromatic rings. The maximum Gasteiger partial charge on any atom is 0.310 e. The van der Waals surface area contributed by atoms with Gasteiger partial charge in [-0.2, -0.15) is 0 Å². The second-order valence-corrected chi connectivity index (χ2v) is 11.4. The van der Waals surface area contributed by atoms with Crippen LogP contribution >= 0.6 is 0 Å². The molecule has 0 bridgehead atoms. The van der Waals surface area contributed by atoms with Gasteiger partial charge in [0.15, 0.2) is 0 Å². The van der Waals surface area contributed by atoms with Crippen molar-refractivity contribution in [2.45, 2.75) is 92.0 Å². The predicted octanol–water partition coefficient (Wildman–Crippen LogP) is 7.95. The average Bonchev–Trinajstić information content (AvgIpc) is 3.02. The Hall–Kier alpha value is -4.19. The van der Waals surface area contributed by atoms with Crippen LogP contribution in [0.4, 0.5) is 0 Å². The molecule has 0 aliphatic rings. The number of unbranched alkanes of at least 4 members (excludes halogenated alkanes) is 1. The summed E-state index contributed by atoms with van der Waals surface area (Å²) in [4.78, 5) is 31.2. The molecule has 0 saturated heterocycles. The Balaban J connectivity index is 1.78. The fourth-order valence-electron chi connectivity index (χ4n) is 5.70. The molecule has 0 aliphatic carbocycles. The van der Waals surface area contributed by atoms with Crippen molar-refractivity contribution in [3.8, 4) is 11.5 Å². The summed E-state index contributed by atoms with van der Waals surface area (Å²) in [5, 5.41) is 0. The lowest BCUT2D eigenvalue weighted by Crippen LogP contribution is -2.30. The quantitative estimate of drug-likeness (QED) is 0.131. The van der Waals surface area contributed by atoms with Gasteiger partial charge in [-0.05, 0) is 60.9 Å². The number of carbonyl (C=O) groups excluding carboxylic acids is 1. The number of esters is 1. The van der Waals surface area contributed by atoms with Gasteiger partial charge in [0.25, 0.3) is 5.56 Å². The van der Waals surface area contributed by atoms with Crippen molar-refractivity contribution in [3.63, 3.8) is 0 Å². The van der Waals surface area contributed by atoms with E-state index in [1.54, 1.807) is 0 Å². The normalized spacial score (nSPS) is 11.0. The van der Waals surface area contributed by atoms with Crippen LogP contribution in [0.2, 0.25) is 0 Å². The molecular formula is C38H46N2O4. The maximum absolute atomic E-state index is 14.1. The number of aromatic nitrogens is 2. The first-order chi connectivity index (χ1) is 21.4. The van der Waals surface area contributed by atoms with Crippen LogP contribution in [0.3, 0.4) is 0 Å². The van der Waals surface area contributed by atoms with Crippen molar-refractivity contribution in [1.29, 1.82) is 0 Å². The summed E-state index contributed by atoms with van der Waals surface area (Å²) in [7, 11) is 1.40. The van der Waals surface area contributed by atoms with Gasteiger partial charge in [0.2, 0.25) is 0 Å². The van der Waals surface area contributed by atoms with E-state index >= 15 is 0 Å². The van der Waals surface area contributed by atoms with Gasteiger partial charge < -0.3 is 9.47 Å². The molecular weight excluding hydrogens is 548 g/mol. The van der Waals surface area contributed by atoms with Gasteiger partial charge in [-0.3, -0.25) is 14.2 Å². The van der Waals surface area contributed by atoms with E-state index in [2.05, 4.69) is 32.9 Å². The Kier molecular flexibility index (Phi) is 11.9. The van der Waals surface area contributed by atoms with Crippen molar-refractivity contribution in [3.05, 3.63) is 122 Å². The maximum atomic E-state index is 14.1. The van der Waals surface area contributed by atoms with Crippen LogP contribution in [-0.4, -0.2) is 22.6 Å². The number of rotatable bonds is 15. The fraction of sp³-hybridized carbons (Fsp3) is 0.395. The number of hydrogen-bond acceptors (Lipinski definition) is 5. The Bertz CT molecular complexity index is 1580. The summed E-state index contributed by atoms with van der Waals surface area (Å²) in [5.74, 6) is 1.96. The monoisotopic (exact) mass is 594 g/mol. The van der Waals surface area contributed by atoms with Crippen LogP contribution < -0.4 is 10.3 Å². The smallest absolute Gasteiger partial charge is 0.310 e. The molecule has 6 heteroatoms. The van der Waals surface area contributed by atoms with Crippen molar-refractivity contribution in [2.75, 3.05) is 7.11 Å². The largest absolute Gasteiger partial charge is 0.469 e. The van der Waals surface area contributed by atoms with E-state index in [0.29, 0.717) is 18.7 Å². The van der Waals surface area contributed by atoms with Gasteiger partial charge in [0.1, 0.15) is 17.3 Å². The van der Waals surface area contributed by atoms with Crippen molar-refractivity contribution in [1.82, 2.24) is 9.55 Å². The van der Waals surface area contributed by atoms with E-state index in [0.717, 1.165) is 95.6 Å². The first kappa shape index (κ1) is 32.7. The molecule has 4 rings (SSSR count). The predicted molar refractivity (Wildman–Crippen MR) is 177 cm³/mol. The summed E-state index contributed by atoms with van der Waals surface area (Å²) >= 11 is 0. The van der Waals surface area contributed by atoms with Gasteiger partial charge in [0.05, 0.1) is 25.8 Å². The zero-order valence-electron chi connectivity index (χ0n) is 26.9. The van der Waals surface area contributed by atoms with Crippen molar-refractivity contribution in [2.24, 2.45) is 0 Å². The summed E-state index contributed by atoms with van der Waals surface area (Å²) in [6.07, 6.45) is 7.06. The second kappa shape index (κ2) is 16.0. The van der Waals surface area contributed by atoms with Crippen LogP contribution in [0.1, 0.15) is 91.4 Å². The zero-order chi connectivity index (χ0) is 31.5. The minimum atomic E-state index is -0.303. The number of carbonyl (C=O) groups is 1. The van der Waals surface area contributed by atoms with Crippen molar-refractivity contribution < 1.29 is 14.3 Å². The lowest BCUT2D eigenvalue weighted by molar-refractivity contribution is -0.139. The molecule has 0 aliphatic heterocycles. The Morgan fingerprint density at radius 2 is 1.48 bits per heavy atom. The van der Waals surface area contributed by atoms with E-state index in [1.165, 1.54) is 7.11 Å². The molecule has 232 valence electrons. The van der Waals surface area contributed by atoms with Crippen LogP contribution in [0.5, 0.6) is 11.5 Å². The zero-order valence-corrected chi connectivity index (χ0v) is 26.9. The van der Waals surface area contributed by atoms with Crippen LogP contribution in [0, 0.1) is 6.92 Å². The third-order valence-electron chi connectivity index (χ3n) is 7.96. The number of benzene rings is 3. The highest BCUT2D eigenvalue weighted by atomic mass is 16.5. The first-order valence-electron chi connectivity index (χ1n) is 16.0. The summed E-state index contributed by atoms with van der Waals surface area (Å²) in [6.45, 7) is 8.93. The molecule has 0 unspecified atom stereocenters. The molecule has 0 N–H and O–H groups in total. The van der Waals surface area contributed by atoms with E-state index in [4.69, 9.17) is 14.5 Å². The van der Waals surface area contributed by atoms with Crippen molar-refractivity contribution >= 4 is 5.97 Å². The number of aryl methyl sites for hydroxylation is 4. The van der Waals surface area contributed by atoms with E-state index in [-0.39, 0.29) is 17.9 Å². The highest BCUT2D eigenvalue weighted by Gasteiger charge is 2.20. The second-order valence-electron chi connectivity index (χ2n) is 11.4. The number of nitrogens with zero attached hydrogens (tertiary/aromatic N) is 2. The van der Waals surface area contributed by atoms with Gasteiger partial charge in [-0.15, -0.1) is 0 Å². The molecule has 0 saturated carbocycles. The SMILES string of the molecule is CCCCc1nc(C)n(Cc2ccccc2)c(=O)c1Cc1cc(CCC)c(Oc2ccccc2CC(=O)OC)c(CCC)c1. The standard InChI is InChI=1S/C38H46N2O4/c1-6-9-20-34-33(38(42)40(27(4)39-34)26-28-17-11-10-12-18-28)24-29-22-31(15-7-2)37(32(23-29)16-8-3)44-35-21-14-13-19-30(35)25-36(41)43-5/h10-14,17-19,21-23H,6-9,15-16,20,24-26H2,1-5H3. The summed E-state index contributed by atoms with van der Waals surface area (Å²) < 4.78 is 13.4. The Morgan fingerprint density at radius 1 is 0.818 bits per heavy atom. The van der Waals surface area contributed by atoms with Gasteiger partial charge in [-0.1, -0.05) is 101 Å². The van der Waals surface area contributed by atoms with Crippen LogP contribution in [0.25, 0.3) is 0 Å². The van der Waals surface area contributed by atoms with Crippen LogP contribution in [0.15, 0.2) is 71.5 Å². The van der Waals surface area contributed by atoms with Crippen LogP contribution in [-0.2, 0) is 48.2 Å². The van der Waals surface area contributed by atoms with E-state index in [9.17, 15) is 9.59 Å². The molecule has 6 nitrogen and oxygen atoms in total.